The van der Waals surface area contributed by atoms with Crippen LogP contribution in [0.2, 0.25) is 0 Å². The van der Waals surface area contributed by atoms with E-state index in [9.17, 15) is 10.2 Å². The van der Waals surface area contributed by atoms with Gasteiger partial charge >= 0.3 is 0 Å². The molecule has 0 saturated carbocycles. The Kier molecular flexibility index (Phi) is 8.14. The average Bonchev–Trinajstić information content (AvgIpc) is 2.79. The second kappa shape index (κ2) is 11.2. The van der Waals surface area contributed by atoms with Crippen molar-refractivity contribution >= 4 is 28.8 Å². The summed E-state index contributed by atoms with van der Waals surface area (Å²) in [6.07, 6.45) is 10.0. The second-order valence-corrected chi connectivity index (χ2v) is 7.59. The molecular formula is C28H27ClO2. The zero-order valence-corrected chi connectivity index (χ0v) is 18.4. The number of hydrogen-bond acceptors (Lipinski definition) is 2. The van der Waals surface area contributed by atoms with E-state index in [2.05, 4.69) is 42.5 Å². The fraction of sp³-hybridized carbons (Fsp3) is 0.143. The summed E-state index contributed by atoms with van der Waals surface area (Å²) in [5, 5.41) is 19.5. The van der Waals surface area contributed by atoms with Crippen LogP contribution in [0, 0.1) is 0 Å². The van der Waals surface area contributed by atoms with Crippen molar-refractivity contribution in [3.63, 3.8) is 0 Å². The van der Waals surface area contributed by atoms with Crippen molar-refractivity contribution in [3.05, 3.63) is 113 Å². The van der Waals surface area contributed by atoms with Gasteiger partial charge in [0.25, 0.3) is 0 Å². The lowest BCUT2D eigenvalue weighted by atomic mass is 9.88. The number of benzene rings is 3. The maximum absolute atomic E-state index is 9.76. The lowest BCUT2D eigenvalue weighted by Crippen LogP contribution is -1.97. The minimum atomic E-state index is 0.224. The molecule has 31 heavy (non-hydrogen) atoms. The summed E-state index contributed by atoms with van der Waals surface area (Å²) in [5.74, 6) is 0.934. The molecule has 0 radical (unpaired) electrons. The zero-order valence-electron chi connectivity index (χ0n) is 17.6. The van der Waals surface area contributed by atoms with Gasteiger partial charge in [-0.25, -0.2) is 0 Å². The highest BCUT2D eigenvalue weighted by molar-refractivity contribution is 6.18. The minimum Gasteiger partial charge on any atom is -0.508 e. The molecule has 0 fully saturated rings. The summed E-state index contributed by atoms with van der Waals surface area (Å²) >= 11 is 6.21. The molecule has 0 aliphatic carbocycles. The molecule has 158 valence electrons. The number of hydrogen-bond donors (Lipinski definition) is 2. The van der Waals surface area contributed by atoms with Crippen molar-refractivity contribution in [2.75, 3.05) is 5.88 Å². The van der Waals surface area contributed by atoms with Crippen LogP contribution < -0.4 is 0 Å². The van der Waals surface area contributed by atoms with E-state index in [1.165, 1.54) is 0 Å². The first-order valence-electron chi connectivity index (χ1n) is 10.4. The van der Waals surface area contributed by atoms with E-state index in [-0.39, 0.29) is 11.5 Å². The zero-order chi connectivity index (χ0) is 22.1. The first-order chi connectivity index (χ1) is 15.1. The van der Waals surface area contributed by atoms with Crippen LogP contribution in [-0.4, -0.2) is 16.1 Å². The highest BCUT2D eigenvalue weighted by atomic mass is 35.5. The average molecular weight is 431 g/mol. The van der Waals surface area contributed by atoms with Gasteiger partial charge in [0.15, 0.2) is 0 Å². The number of phenolic OH excluding ortho intramolecular Hbond substituents is 2. The summed E-state index contributed by atoms with van der Waals surface area (Å²) in [4.78, 5) is 0. The van der Waals surface area contributed by atoms with Crippen LogP contribution in [0.5, 0.6) is 11.5 Å². The number of rotatable bonds is 8. The van der Waals surface area contributed by atoms with E-state index in [1.54, 1.807) is 24.3 Å². The van der Waals surface area contributed by atoms with Crippen LogP contribution in [0.4, 0.5) is 0 Å². The summed E-state index contributed by atoms with van der Waals surface area (Å²) in [6.45, 7) is 2.02. The molecule has 0 bridgehead atoms. The normalized spacial score (nSPS) is 11.3. The Balaban J connectivity index is 2.10. The molecule has 0 spiro atoms. The summed E-state index contributed by atoms with van der Waals surface area (Å²) < 4.78 is 0. The third-order valence-electron chi connectivity index (χ3n) is 5.04. The molecule has 0 aliphatic heterocycles. The van der Waals surface area contributed by atoms with Crippen molar-refractivity contribution < 1.29 is 10.2 Å². The van der Waals surface area contributed by atoms with Crippen LogP contribution in [0.15, 0.2) is 91.0 Å². The molecule has 0 saturated heterocycles. The molecule has 0 unspecified atom stereocenters. The van der Waals surface area contributed by atoms with Crippen molar-refractivity contribution in [3.8, 4) is 11.5 Å². The van der Waals surface area contributed by atoms with E-state index in [4.69, 9.17) is 11.6 Å². The van der Waals surface area contributed by atoms with Crippen molar-refractivity contribution in [2.24, 2.45) is 0 Å². The molecular weight excluding hydrogens is 404 g/mol. The lowest BCUT2D eigenvalue weighted by molar-refractivity contribution is 0.475. The quantitative estimate of drug-likeness (QED) is 0.218. The molecule has 0 atom stereocenters. The molecule has 3 aromatic carbocycles. The van der Waals surface area contributed by atoms with Gasteiger partial charge in [-0.3, -0.25) is 0 Å². The fourth-order valence-corrected chi connectivity index (χ4v) is 3.68. The molecule has 3 heteroatoms. The summed E-state index contributed by atoms with van der Waals surface area (Å²) in [7, 11) is 0. The van der Waals surface area contributed by atoms with E-state index in [1.807, 2.05) is 37.3 Å². The largest absolute Gasteiger partial charge is 0.508 e. The molecule has 2 nitrogen and oxygen atoms in total. The number of allylic oxidation sites excluding steroid dienone is 4. The predicted octanol–water partition coefficient (Wildman–Crippen LogP) is 7.67. The number of phenols is 2. The fourth-order valence-electron chi connectivity index (χ4n) is 3.49. The highest BCUT2D eigenvalue weighted by Crippen LogP contribution is 2.36. The van der Waals surface area contributed by atoms with Gasteiger partial charge < -0.3 is 10.2 Å². The van der Waals surface area contributed by atoms with Gasteiger partial charge in [0, 0.05) is 5.88 Å². The highest BCUT2D eigenvalue weighted by Gasteiger charge is 2.14. The summed E-state index contributed by atoms with van der Waals surface area (Å²) in [6, 6.07) is 22.8. The van der Waals surface area contributed by atoms with E-state index >= 15 is 0 Å². The maximum Gasteiger partial charge on any atom is 0.115 e. The predicted molar refractivity (Wildman–Crippen MR) is 132 cm³/mol. The SMILES string of the molecule is C/C=C\C/C=C/c1ccc(C(CCCl)=C(c2ccc(O)cc2)c2ccc(O)cc2)cc1. The Morgan fingerprint density at radius 2 is 1.26 bits per heavy atom. The molecule has 3 aromatic rings. The maximum atomic E-state index is 9.76. The monoisotopic (exact) mass is 430 g/mol. The topological polar surface area (TPSA) is 40.5 Å². The van der Waals surface area contributed by atoms with E-state index < -0.39 is 0 Å². The first kappa shape index (κ1) is 22.5. The van der Waals surface area contributed by atoms with Gasteiger partial charge in [-0.1, -0.05) is 72.8 Å². The molecule has 0 amide bonds. The molecule has 0 heterocycles. The number of alkyl halides is 1. The second-order valence-electron chi connectivity index (χ2n) is 7.22. The van der Waals surface area contributed by atoms with Gasteiger partial charge in [0.05, 0.1) is 0 Å². The number of aromatic hydroxyl groups is 2. The molecule has 0 aliphatic rings. The van der Waals surface area contributed by atoms with Gasteiger partial charge in [0.2, 0.25) is 0 Å². The Hall–Kier alpha value is -3.23. The van der Waals surface area contributed by atoms with Gasteiger partial charge in [-0.2, -0.15) is 0 Å². The van der Waals surface area contributed by atoms with Crippen molar-refractivity contribution in [2.45, 2.75) is 19.8 Å². The summed E-state index contributed by atoms with van der Waals surface area (Å²) in [5.41, 5.74) is 6.38. The van der Waals surface area contributed by atoms with Crippen LogP contribution in [0.1, 0.15) is 42.0 Å². The molecule has 0 aromatic heterocycles. The third-order valence-corrected chi connectivity index (χ3v) is 5.22. The minimum absolute atomic E-state index is 0.224. The van der Waals surface area contributed by atoms with Gasteiger partial charge in [-0.05, 0) is 77.4 Å². The lowest BCUT2D eigenvalue weighted by Gasteiger charge is -2.17. The van der Waals surface area contributed by atoms with Crippen LogP contribution in [0.25, 0.3) is 17.2 Å². The van der Waals surface area contributed by atoms with Crippen LogP contribution in [-0.2, 0) is 0 Å². The van der Waals surface area contributed by atoms with Crippen LogP contribution >= 0.6 is 11.6 Å². The van der Waals surface area contributed by atoms with Crippen molar-refractivity contribution in [1.29, 1.82) is 0 Å². The van der Waals surface area contributed by atoms with Gasteiger partial charge in [0.1, 0.15) is 11.5 Å². The number of halogens is 1. The molecule has 2 N–H and O–H groups in total. The Morgan fingerprint density at radius 1 is 0.742 bits per heavy atom. The Labute approximate surface area is 189 Å². The van der Waals surface area contributed by atoms with Crippen molar-refractivity contribution in [1.82, 2.24) is 0 Å². The van der Waals surface area contributed by atoms with Gasteiger partial charge in [-0.15, -0.1) is 11.6 Å². The first-order valence-corrected chi connectivity index (χ1v) is 10.9. The smallest absolute Gasteiger partial charge is 0.115 e. The standard InChI is InChI=1S/C28H27ClO2/c1-2-3-4-5-6-21-7-9-22(10-8-21)27(19-20-29)28(23-11-15-25(30)16-12-23)24-13-17-26(31)18-14-24/h2-3,5-18,30-31H,4,19-20H2,1H3/b3-2-,6-5+. The third kappa shape index (κ3) is 6.13. The van der Waals surface area contributed by atoms with E-state index in [0.717, 1.165) is 39.8 Å². The Morgan fingerprint density at radius 3 is 1.74 bits per heavy atom. The van der Waals surface area contributed by atoms with Crippen LogP contribution in [0.3, 0.4) is 0 Å². The van der Waals surface area contributed by atoms with E-state index in [0.29, 0.717) is 12.3 Å². The molecule has 3 rings (SSSR count). The Bertz CT molecular complexity index is 1010.